The highest BCUT2D eigenvalue weighted by Gasteiger charge is 2.11. The van der Waals surface area contributed by atoms with E-state index in [9.17, 15) is 4.79 Å². The Morgan fingerprint density at radius 2 is 2.23 bits per heavy atom. The van der Waals surface area contributed by atoms with Crippen LogP contribution in [0.1, 0.15) is 18.3 Å². The Bertz CT molecular complexity index is 789. The van der Waals surface area contributed by atoms with Crippen molar-refractivity contribution in [1.29, 1.82) is 0 Å². The SMILES string of the molecule is Cc1cc(CC(C)NC(=O)Cn2cnc3ccccc32)n[nH]1. The highest BCUT2D eigenvalue weighted by Crippen LogP contribution is 2.11. The van der Waals surface area contributed by atoms with E-state index in [-0.39, 0.29) is 18.5 Å². The van der Waals surface area contributed by atoms with Crippen molar-refractivity contribution in [1.82, 2.24) is 25.1 Å². The number of aryl methyl sites for hydroxylation is 1. The molecule has 2 aromatic heterocycles. The molecule has 1 atom stereocenters. The summed E-state index contributed by atoms with van der Waals surface area (Å²) in [5.74, 6) is -0.0251. The summed E-state index contributed by atoms with van der Waals surface area (Å²) in [6.45, 7) is 4.21. The predicted molar refractivity (Wildman–Crippen MR) is 84.4 cm³/mol. The van der Waals surface area contributed by atoms with Crippen molar-refractivity contribution in [2.45, 2.75) is 32.9 Å². The summed E-state index contributed by atoms with van der Waals surface area (Å²) in [5.41, 5.74) is 3.85. The number of fused-ring (bicyclic) bond motifs is 1. The topological polar surface area (TPSA) is 75.6 Å². The number of amides is 1. The lowest BCUT2D eigenvalue weighted by Gasteiger charge is -2.13. The monoisotopic (exact) mass is 297 g/mol. The minimum absolute atomic E-state index is 0.0251. The first-order valence-electron chi connectivity index (χ1n) is 7.32. The van der Waals surface area contributed by atoms with Crippen molar-refractivity contribution in [3.8, 4) is 0 Å². The molecule has 114 valence electrons. The Hall–Kier alpha value is -2.63. The fourth-order valence-electron chi connectivity index (χ4n) is 2.56. The van der Waals surface area contributed by atoms with Gasteiger partial charge in [-0.05, 0) is 32.0 Å². The molecule has 0 saturated carbocycles. The minimum atomic E-state index is -0.0251. The molecule has 1 amide bonds. The van der Waals surface area contributed by atoms with Crippen LogP contribution in [0, 0.1) is 6.92 Å². The van der Waals surface area contributed by atoms with Crippen LogP contribution in [-0.4, -0.2) is 31.7 Å². The van der Waals surface area contributed by atoms with Crippen LogP contribution in [0.3, 0.4) is 0 Å². The largest absolute Gasteiger partial charge is 0.352 e. The maximum absolute atomic E-state index is 12.2. The van der Waals surface area contributed by atoms with Gasteiger partial charge in [-0.25, -0.2) is 4.98 Å². The second kappa shape index (κ2) is 6.01. The van der Waals surface area contributed by atoms with Gasteiger partial charge in [0, 0.05) is 18.2 Å². The second-order valence-electron chi connectivity index (χ2n) is 5.58. The zero-order valence-corrected chi connectivity index (χ0v) is 12.7. The predicted octanol–water partition coefficient (Wildman–Crippen LogP) is 1.82. The number of nitrogens with zero attached hydrogens (tertiary/aromatic N) is 3. The van der Waals surface area contributed by atoms with Gasteiger partial charge < -0.3 is 9.88 Å². The van der Waals surface area contributed by atoms with Gasteiger partial charge in [0.2, 0.25) is 5.91 Å². The number of carbonyl (C=O) groups is 1. The van der Waals surface area contributed by atoms with Crippen molar-refractivity contribution in [3.05, 3.63) is 48.0 Å². The van der Waals surface area contributed by atoms with Gasteiger partial charge in [0.15, 0.2) is 0 Å². The molecule has 0 radical (unpaired) electrons. The van der Waals surface area contributed by atoms with E-state index in [1.54, 1.807) is 6.33 Å². The standard InChI is InChI=1S/C16H19N5O/c1-11(7-13-8-12(2)19-20-13)18-16(22)9-21-10-17-14-5-3-4-6-15(14)21/h3-6,8,10-11H,7,9H2,1-2H3,(H,18,22)(H,19,20). The average Bonchev–Trinajstić information content (AvgIpc) is 3.06. The Morgan fingerprint density at radius 3 is 3.00 bits per heavy atom. The number of hydrogen-bond acceptors (Lipinski definition) is 3. The molecule has 6 heteroatoms. The Kier molecular flexibility index (Phi) is 3.91. The molecule has 2 N–H and O–H groups in total. The van der Waals surface area contributed by atoms with Crippen LogP contribution in [0.2, 0.25) is 0 Å². The average molecular weight is 297 g/mol. The number of aromatic amines is 1. The zero-order chi connectivity index (χ0) is 15.5. The lowest BCUT2D eigenvalue weighted by Crippen LogP contribution is -2.36. The van der Waals surface area contributed by atoms with Gasteiger partial charge in [0.1, 0.15) is 6.54 Å². The Morgan fingerprint density at radius 1 is 1.41 bits per heavy atom. The summed E-state index contributed by atoms with van der Waals surface area (Å²) >= 11 is 0. The number of benzene rings is 1. The van der Waals surface area contributed by atoms with E-state index >= 15 is 0 Å². The summed E-state index contributed by atoms with van der Waals surface area (Å²) in [6.07, 6.45) is 2.41. The van der Waals surface area contributed by atoms with Crippen LogP contribution in [-0.2, 0) is 17.8 Å². The summed E-state index contributed by atoms with van der Waals surface area (Å²) in [5, 5.41) is 10.1. The van der Waals surface area contributed by atoms with Crippen molar-refractivity contribution < 1.29 is 4.79 Å². The van der Waals surface area contributed by atoms with E-state index in [2.05, 4.69) is 20.5 Å². The molecular formula is C16H19N5O. The number of para-hydroxylation sites is 2. The molecule has 1 aromatic carbocycles. The number of carbonyl (C=O) groups excluding carboxylic acids is 1. The molecule has 0 aliphatic heterocycles. The zero-order valence-electron chi connectivity index (χ0n) is 12.7. The highest BCUT2D eigenvalue weighted by atomic mass is 16.2. The maximum atomic E-state index is 12.2. The van der Waals surface area contributed by atoms with Crippen molar-refractivity contribution in [3.63, 3.8) is 0 Å². The molecule has 0 spiro atoms. The first-order valence-corrected chi connectivity index (χ1v) is 7.32. The first kappa shape index (κ1) is 14.3. The number of imidazole rings is 1. The molecule has 6 nitrogen and oxygen atoms in total. The van der Waals surface area contributed by atoms with Crippen molar-refractivity contribution >= 4 is 16.9 Å². The molecule has 3 aromatic rings. The summed E-state index contributed by atoms with van der Waals surface area (Å²) in [4.78, 5) is 16.5. The van der Waals surface area contributed by atoms with Crippen LogP contribution in [0.4, 0.5) is 0 Å². The molecule has 2 heterocycles. The molecule has 3 rings (SSSR count). The van der Waals surface area contributed by atoms with Crippen LogP contribution < -0.4 is 5.32 Å². The fourth-order valence-corrected chi connectivity index (χ4v) is 2.56. The third-order valence-corrected chi connectivity index (χ3v) is 3.52. The molecule has 0 aliphatic carbocycles. The van der Waals surface area contributed by atoms with Gasteiger partial charge in [0.25, 0.3) is 0 Å². The van der Waals surface area contributed by atoms with E-state index in [1.807, 2.05) is 48.7 Å². The minimum Gasteiger partial charge on any atom is -0.352 e. The van der Waals surface area contributed by atoms with Gasteiger partial charge in [-0.2, -0.15) is 5.10 Å². The molecule has 1 unspecified atom stereocenters. The highest BCUT2D eigenvalue weighted by molar-refractivity contribution is 5.80. The lowest BCUT2D eigenvalue weighted by molar-refractivity contribution is -0.122. The van der Waals surface area contributed by atoms with E-state index in [4.69, 9.17) is 0 Å². The van der Waals surface area contributed by atoms with Crippen LogP contribution in [0.5, 0.6) is 0 Å². The Balaban J connectivity index is 1.60. The number of aromatic nitrogens is 4. The van der Waals surface area contributed by atoms with Crippen LogP contribution >= 0.6 is 0 Å². The van der Waals surface area contributed by atoms with Crippen molar-refractivity contribution in [2.75, 3.05) is 0 Å². The van der Waals surface area contributed by atoms with E-state index in [0.717, 1.165) is 22.4 Å². The van der Waals surface area contributed by atoms with Gasteiger partial charge >= 0.3 is 0 Å². The maximum Gasteiger partial charge on any atom is 0.240 e. The van der Waals surface area contributed by atoms with Crippen LogP contribution in [0.15, 0.2) is 36.7 Å². The van der Waals surface area contributed by atoms with E-state index in [1.165, 1.54) is 0 Å². The molecule has 0 fully saturated rings. The third-order valence-electron chi connectivity index (χ3n) is 3.52. The van der Waals surface area contributed by atoms with Crippen LogP contribution in [0.25, 0.3) is 11.0 Å². The molecule has 22 heavy (non-hydrogen) atoms. The number of nitrogens with one attached hydrogen (secondary N) is 2. The van der Waals surface area contributed by atoms with Gasteiger partial charge in [0.05, 0.1) is 23.1 Å². The normalized spacial score (nSPS) is 12.5. The summed E-state index contributed by atoms with van der Waals surface area (Å²) in [7, 11) is 0. The number of hydrogen-bond donors (Lipinski definition) is 2. The van der Waals surface area contributed by atoms with Gasteiger partial charge in [-0.3, -0.25) is 9.89 Å². The van der Waals surface area contributed by atoms with Gasteiger partial charge in [-0.15, -0.1) is 0 Å². The summed E-state index contributed by atoms with van der Waals surface area (Å²) in [6, 6.07) is 9.81. The third kappa shape index (κ3) is 3.16. The fraction of sp³-hybridized carbons (Fsp3) is 0.312. The van der Waals surface area contributed by atoms with E-state index < -0.39 is 0 Å². The summed E-state index contributed by atoms with van der Waals surface area (Å²) < 4.78 is 1.86. The lowest BCUT2D eigenvalue weighted by atomic mass is 10.2. The van der Waals surface area contributed by atoms with E-state index in [0.29, 0.717) is 6.42 Å². The van der Waals surface area contributed by atoms with Gasteiger partial charge in [-0.1, -0.05) is 12.1 Å². The van der Waals surface area contributed by atoms with Crippen molar-refractivity contribution in [2.24, 2.45) is 0 Å². The molecular weight excluding hydrogens is 278 g/mol. The second-order valence-corrected chi connectivity index (χ2v) is 5.58. The molecule has 0 bridgehead atoms. The smallest absolute Gasteiger partial charge is 0.240 e. The quantitative estimate of drug-likeness (QED) is 0.754. The number of H-pyrrole nitrogens is 1. The first-order chi connectivity index (χ1) is 10.6. The Labute approximate surface area is 128 Å². The number of rotatable bonds is 5. The molecule has 0 aliphatic rings. The molecule has 0 saturated heterocycles.